The first-order valence-electron chi connectivity index (χ1n) is 4.11. The summed E-state index contributed by atoms with van der Waals surface area (Å²) in [5, 5.41) is 7.36. The van der Waals surface area contributed by atoms with Crippen molar-refractivity contribution >= 4 is 0 Å². The van der Waals surface area contributed by atoms with Crippen LogP contribution < -0.4 is 0 Å². The summed E-state index contributed by atoms with van der Waals surface area (Å²) in [6, 6.07) is 0. The molecule has 0 N–H and O–H groups in total. The minimum Gasteiger partial charge on any atom is -0.321 e. The lowest BCUT2D eigenvalue weighted by atomic mass is 10.7. The molecule has 0 radical (unpaired) electrons. The maximum atomic E-state index is 3.73. The molecule has 0 saturated heterocycles. The van der Waals surface area contributed by atoms with Crippen molar-refractivity contribution < 1.29 is 0 Å². The van der Waals surface area contributed by atoms with Gasteiger partial charge < -0.3 is 4.57 Å². The third-order valence-corrected chi connectivity index (χ3v) is 0.938. The van der Waals surface area contributed by atoms with Crippen molar-refractivity contribution in [2.24, 2.45) is 7.05 Å². The van der Waals surface area contributed by atoms with Gasteiger partial charge in [-0.3, -0.25) is 0 Å². The Kier molecular flexibility index (Phi) is 10.6. The van der Waals surface area contributed by atoms with E-state index in [1.807, 2.05) is 46.2 Å². The fraction of sp³-hybridized carbons (Fsp3) is 0.750. The van der Waals surface area contributed by atoms with E-state index in [4.69, 9.17) is 0 Å². The van der Waals surface area contributed by atoms with E-state index in [9.17, 15) is 0 Å². The van der Waals surface area contributed by atoms with Gasteiger partial charge in [-0.15, -0.1) is 10.2 Å². The van der Waals surface area contributed by atoms with Crippen molar-refractivity contribution in [3.05, 3.63) is 12.2 Å². The predicted molar refractivity (Wildman–Crippen MR) is 48.4 cm³/mol. The molecule has 0 spiro atoms. The Labute approximate surface area is 69.5 Å². The highest BCUT2D eigenvalue weighted by molar-refractivity contribution is 4.76. The highest BCUT2D eigenvalue weighted by atomic mass is 15.2. The van der Waals surface area contributed by atoms with Crippen molar-refractivity contribution in [3.8, 4) is 0 Å². The Bertz CT molecular complexity index is 142. The van der Waals surface area contributed by atoms with Crippen LogP contribution in [0.15, 0.2) is 6.33 Å². The topological polar surface area (TPSA) is 30.7 Å². The van der Waals surface area contributed by atoms with Gasteiger partial charge in [0, 0.05) is 7.05 Å². The van der Waals surface area contributed by atoms with Gasteiger partial charge in [0.05, 0.1) is 0 Å². The minimum atomic E-state index is 0.944. The Morgan fingerprint density at radius 3 is 1.73 bits per heavy atom. The molecule has 0 bridgehead atoms. The zero-order valence-corrected chi connectivity index (χ0v) is 8.42. The third kappa shape index (κ3) is 5.58. The summed E-state index contributed by atoms with van der Waals surface area (Å²) in [6.07, 6.45) is 1.68. The summed E-state index contributed by atoms with van der Waals surface area (Å²) in [4.78, 5) is 0. The van der Waals surface area contributed by atoms with Crippen LogP contribution in [-0.4, -0.2) is 14.8 Å². The summed E-state index contributed by atoms with van der Waals surface area (Å²) in [5.41, 5.74) is 0. The van der Waals surface area contributed by atoms with Gasteiger partial charge in [-0.1, -0.05) is 27.7 Å². The average molecular weight is 157 g/mol. The average Bonchev–Trinajstić information content (AvgIpc) is 2.44. The molecule has 3 nitrogen and oxygen atoms in total. The zero-order valence-electron chi connectivity index (χ0n) is 8.42. The SMILES string of the molecule is CC.CC.Cc1nncn1C. The van der Waals surface area contributed by atoms with Crippen LogP contribution in [-0.2, 0) is 7.05 Å². The van der Waals surface area contributed by atoms with Gasteiger partial charge in [-0.25, -0.2) is 0 Å². The molecule has 1 heterocycles. The molecule has 0 aliphatic carbocycles. The number of nitrogens with zero attached hydrogens (tertiary/aromatic N) is 3. The minimum absolute atomic E-state index is 0.944. The van der Waals surface area contributed by atoms with Crippen LogP contribution in [0.2, 0.25) is 0 Å². The van der Waals surface area contributed by atoms with E-state index in [1.165, 1.54) is 0 Å². The lowest BCUT2D eigenvalue weighted by Crippen LogP contribution is -1.86. The van der Waals surface area contributed by atoms with E-state index in [0.717, 1.165) is 5.82 Å². The summed E-state index contributed by atoms with van der Waals surface area (Å²) >= 11 is 0. The van der Waals surface area contributed by atoms with E-state index in [2.05, 4.69) is 10.2 Å². The van der Waals surface area contributed by atoms with Crippen molar-refractivity contribution in [2.75, 3.05) is 0 Å². The molecule has 3 heteroatoms. The first-order chi connectivity index (χ1) is 5.30. The monoisotopic (exact) mass is 157 g/mol. The van der Waals surface area contributed by atoms with Crippen LogP contribution in [0.5, 0.6) is 0 Å². The summed E-state index contributed by atoms with van der Waals surface area (Å²) < 4.78 is 1.86. The van der Waals surface area contributed by atoms with Crippen LogP contribution in [0.4, 0.5) is 0 Å². The van der Waals surface area contributed by atoms with Gasteiger partial charge in [-0.05, 0) is 6.92 Å². The molecule has 1 aromatic heterocycles. The first kappa shape index (κ1) is 12.8. The van der Waals surface area contributed by atoms with Gasteiger partial charge in [0.25, 0.3) is 0 Å². The van der Waals surface area contributed by atoms with E-state index in [-0.39, 0.29) is 0 Å². The lowest BCUT2D eigenvalue weighted by molar-refractivity contribution is 0.858. The summed E-state index contributed by atoms with van der Waals surface area (Å²) in [6.45, 7) is 9.91. The molecule has 1 rings (SSSR count). The van der Waals surface area contributed by atoms with E-state index >= 15 is 0 Å². The van der Waals surface area contributed by atoms with Gasteiger partial charge in [0.15, 0.2) is 0 Å². The fourth-order valence-electron chi connectivity index (χ4n) is 0.341. The highest BCUT2D eigenvalue weighted by Crippen LogP contribution is 1.82. The van der Waals surface area contributed by atoms with Crippen LogP contribution in [0.3, 0.4) is 0 Å². The molecule has 0 aromatic carbocycles. The molecule has 0 fully saturated rings. The summed E-state index contributed by atoms with van der Waals surface area (Å²) in [5.74, 6) is 0.944. The predicted octanol–water partition coefficient (Wildman–Crippen LogP) is 2.18. The van der Waals surface area contributed by atoms with E-state index in [1.54, 1.807) is 6.33 Å². The van der Waals surface area contributed by atoms with Gasteiger partial charge in [-0.2, -0.15) is 0 Å². The van der Waals surface area contributed by atoms with Crippen molar-refractivity contribution in [2.45, 2.75) is 34.6 Å². The van der Waals surface area contributed by atoms with Crippen LogP contribution in [0.25, 0.3) is 0 Å². The smallest absolute Gasteiger partial charge is 0.129 e. The lowest BCUT2D eigenvalue weighted by Gasteiger charge is -1.84. The standard InChI is InChI=1S/C4H7N3.2C2H6/c1-4-6-5-3-7(4)2;2*1-2/h3H,1-2H3;2*1-2H3. The summed E-state index contributed by atoms with van der Waals surface area (Å²) in [7, 11) is 1.91. The quantitative estimate of drug-likeness (QED) is 0.578. The second-order valence-corrected chi connectivity index (χ2v) is 1.49. The molecular formula is C8H19N3. The van der Waals surface area contributed by atoms with Crippen molar-refractivity contribution in [1.29, 1.82) is 0 Å². The van der Waals surface area contributed by atoms with Gasteiger partial charge >= 0.3 is 0 Å². The van der Waals surface area contributed by atoms with Crippen LogP contribution >= 0.6 is 0 Å². The number of hydrogen-bond donors (Lipinski definition) is 0. The molecule has 0 atom stereocenters. The fourth-order valence-corrected chi connectivity index (χ4v) is 0.341. The molecule has 11 heavy (non-hydrogen) atoms. The second kappa shape index (κ2) is 9.14. The Morgan fingerprint density at radius 1 is 1.18 bits per heavy atom. The molecule has 66 valence electrons. The maximum absolute atomic E-state index is 3.73. The Morgan fingerprint density at radius 2 is 1.64 bits per heavy atom. The molecular weight excluding hydrogens is 138 g/mol. The molecule has 0 aliphatic rings. The number of aryl methyl sites for hydroxylation is 2. The number of rotatable bonds is 0. The molecule has 0 saturated carbocycles. The number of hydrogen-bond acceptors (Lipinski definition) is 2. The molecule has 0 unspecified atom stereocenters. The normalized spacial score (nSPS) is 7.09. The highest BCUT2D eigenvalue weighted by Gasteiger charge is 1.85. The Hall–Kier alpha value is -0.860. The van der Waals surface area contributed by atoms with Crippen LogP contribution in [0, 0.1) is 6.92 Å². The molecule has 0 aliphatic heterocycles. The second-order valence-electron chi connectivity index (χ2n) is 1.49. The van der Waals surface area contributed by atoms with Crippen molar-refractivity contribution in [3.63, 3.8) is 0 Å². The van der Waals surface area contributed by atoms with Crippen molar-refractivity contribution in [1.82, 2.24) is 14.8 Å². The maximum Gasteiger partial charge on any atom is 0.129 e. The molecule has 0 amide bonds. The largest absolute Gasteiger partial charge is 0.321 e. The molecule has 1 aromatic rings. The van der Waals surface area contributed by atoms with Gasteiger partial charge in [0.2, 0.25) is 0 Å². The number of aromatic nitrogens is 3. The third-order valence-electron chi connectivity index (χ3n) is 0.938. The zero-order chi connectivity index (χ0) is 9.28. The van der Waals surface area contributed by atoms with Gasteiger partial charge in [0.1, 0.15) is 12.2 Å². The van der Waals surface area contributed by atoms with E-state index in [0.29, 0.717) is 0 Å². The van der Waals surface area contributed by atoms with Crippen LogP contribution in [0.1, 0.15) is 33.5 Å². The first-order valence-corrected chi connectivity index (χ1v) is 4.11. The van der Waals surface area contributed by atoms with E-state index < -0.39 is 0 Å². The Balaban J connectivity index is 0.